The first kappa shape index (κ1) is 20.8. The first-order valence-electron chi connectivity index (χ1n) is 11.4. The number of ether oxygens (including phenoxy) is 2. The van der Waals surface area contributed by atoms with E-state index < -0.39 is 0 Å². The molecule has 30 heavy (non-hydrogen) atoms. The van der Waals surface area contributed by atoms with Crippen LogP contribution in [0.1, 0.15) is 85.8 Å². The Kier molecular flexibility index (Phi) is 5.77. The fourth-order valence-electron chi connectivity index (χ4n) is 5.67. The van der Waals surface area contributed by atoms with E-state index in [1.54, 1.807) is 0 Å². The zero-order valence-corrected chi connectivity index (χ0v) is 19.3. The predicted octanol–water partition coefficient (Wildman–Crippen LogP) is 7.51. The molecule has 2 aliphatic rings. The Morgan fingerprint density at radius 3 is 1.40 bits per heavy atom. The molecule has 0 bridgehead atoms. The van der Waals surface area contributed by atoms with Crippen molar-refractivity contribution in [3.05, 3.63) is 81.3 Å². The third-order valence-corrected chi connectivity index (χ3v) is 6.83. The molecule has 0 heterocycles. The third kappa shape index (κ3) is 3.27. The van der Waals surface area contributed by atoms with Crippen LogP contribution in [0.5, 0.6) is 0 Å². The number of rotatable bonds is 7. The van der Waals surface area contributed by atoms with Gasteiger partial charge in [0, 0.05) is 11.8 Å². The second kappa shape index (κ2) is 8.34. The first-order chi connectivity index (χ1) is 14.5. The number of hydrogen-bond donors (Lipinski definition) is 0. The fraction of sp³-hybridized carbons (Fsp3) is 0.429. The topological polar surface area (TPSA) is 18.5 Å². The lowest BCUT2D eigenvalue weighted by Crippen LogP contribution is -2.08. The van der Waals surface area contributed by atoms with E-state index in [0.29, 0.717) is 25.0 Å². The molecule has 0 fully saturated rings. The molecule has 0 amide bonds. The van der Waals surface area contributed by atoms with Gasteiger partial charge in [-0.2, -0.15) is 0 Å². The number of allylic oxidation sites excluding steroid dienone is 4. The maximum absolute atomic E-state index is 6.20. The highest BCUT2D eigenvalue weighted by molar-refractivity contribution is 5.79. The van der Waals surface area contributed by atoms with Crippen molar-refractivity contribution in [1.29, 1.82) is 0 Å². The number of hydrogen-bond acceptors (Lipinski definition) is 2. The van der Waals surface area contributed by atoms with Gasteiger partial charge in [0.15, 0.2) is 0 Å². The van der Waals surface area contributed by atoms with Crippen LogP contribution in [0.3, 0.4) is 0 Å². The Bertz CT molecular complexity index is 941. The molecule has 0 aromatic heterocycles. The van der Waals surface area contributed by atoms with Crippen LogP contribution in [0.4, 0.5) is 0 Å². The molecular formula is C28H34O2. The minimum atomic E-state index is 0.330. The Labute approximate surface area is 181 Å². The standard InChI is InChI=1S/C28H34O2/c1-7-29-27-19(5)25-17(3)11-9-13-21(25)23(27)15-16-24-22-14-10-12-18(4)26(22)20(6)28(24)30-8-2/h9-14,23-24H,7-8,15-16H2,1-6H3. The van der Waals surface area contributed by atoms with Crippen molar-refractivity contribution in [1.82, 2.24) is 0 Å². The molecule has 2 heteroatoms. The average Bonchev–Trinajstić information content (AvgIpc) is 3.15. The van der Waals surface area contributed by atoms with Gasteiger partial charge in [0.05, 0.1) is 13.2 Å². The van der Waals surface area contributed by atoms with Gasteiger partial charge in [-0.1, -0.05) is 36.4 Å². The van der Waals surface area contributed by atoms with Crippen LogP contribution >= 0.6 is 0 Å². The molecule has 0 saturated heterocycles. The maximum atomic E-state index is 6.20. The zero-order valence-electron chi connectivity index (χ0n) is 19.3. The summed E-state index contributed by atoms with van der Waals surface area (Å²) in [6.07, 6.45) is 2.12. The van der Waals surface area contributed by atoms with Gasteiger partial charge in [-0.25, -0.2) is 0 Å². The van der Waals surface area contributed by atoms with Crippen molar-refractivity contribution in [3.63, 3.8) is 0 Å². The highest BCUT2D eigenvalue weighted by Gasteiger charge is 2.36. The average molecular weight is 403 g/mol. The highest BCUT2D eigenvalue weighted by Crippen LogP contribution is 2.50. The second-order valence-electron chi connectivity index (χ2n) is 8.61. The molecule has 158 valence electrons. The normalized spacial score (nSPS) is 19.9. The van der Waals surface area contributed by atoms with Crippen LogP contribution in [-0.4, -0.2) is 13.2 Å². The van der Waals surface area contributed by atoms with Crippen LogP contribution in [0.25, 0.3) is 11.1 Å². The highest BCUT2D eigenvalue weighted by atomic mass is 16.5. The van der Waals surface area contributed by atoms with Crippen molar-refractivity contribution < 1.29 is 9.47 Å². The smallest absolute Gasteiger partial charge is 0.107 e. The molecule has 0 aliphatic heterocycles. The minimum absolute atomic E-state index is 0.330. The maximum Gasteiger partial charge on any atom is 0.107 e. The molecule has 2 nitrogen and oxygen atoms in total. The van der Waals surface area contributed by atoms with Gasteiger partial charge in [-0.05, 0) is 98.9 Å². The van der Waals surface area contributed by atoms with E-state index in [1.807, 2.05) is 0 Å². The molecule has 2 unspecified atom stereocenters. The Hall–Kier alpha value is -2.48. The molecule has 0 saturated carbocycles. The molecule has 2 aromatic rings. The van der Waals surface area contributed by atoms with E-state index in [2.05, 4.69) is 77.9 Å². The number of fused-ring (bicyclic) bond motifs is 2. The quantitative estimate of drug-likeness (QED) is 0.477. The monoisotopic (exact) mass is 402 g/mol. The van der Waals surface area contributed by atoms with E-state index >= 15 is 0 Å². The van der Waals surface area contributed by atoms with E-state index in [-0.39, 0.29) is 0 Å². The van der Waals surface area contributed by atoms with E-state index in [4.69, 9.17) is 9.47 Å². The summed E-state index contributed by atoms with van der Waals surface area (Å²) in [5.74, 6) is 3.00. The molecule has 0 N–H and O–H groups in total. The fourth-order valence-corrected chi connectivity index (χ4v) is 5.67. The van der Waals surface area contributed by atoms with E-state index in [0.717, 1.165) is 12.8 Å². The lowest BCUT2D eigenvalue weighted by molar-refractivity contribution is 0.199. The minimum Gasteiger partial charge on any atom is -0.497 e. The summed E-state index contributed by atoms with van der Waals surface area (Å²) in [6.45, 7) is 14.5. The Morgan fingerprint density at radius 2 is 1.03 bits per heavy atom. The van der Waals surface area contributed by atoms with Crippen molar-refractivity contribution >= 4 is 11.1 Å². The summed E-state index contributed by atoms with van der Waals surface area (Å²) in [6, 6.07) is 13.4. The van der Waals surface area contributed by atoms with Crippen LogP contribution in [0.2, 0.25) is 0 Å². The molecule has 0 radical (unpaired) electrons. The lowest BCUT2D eigenvalue weighted by atomic mass is 9.87. The molecule has 2 aliphatic carbocycles. The molecular weight excluding hydrogens is 368 g/mol. The van der Waals surface area contributed by atoms with Crippen molar-refractivity contribution in [3.8, 4) is 0 Å². The van der Waals surface area contributed by atoms with Gasteiger partial charge < -0.3 is 9.47 Å². The number of aryl methyl sites for hydroxylation is 2. The summed E-state index contributed by atoms with van der Waals surface area (Å²) in [5.41, 5.74) is 11.0. The summed E-state index contributed by atoms with van der Waals surface area (Å²) < 4.78 is 12.4. The zero-order chi connectivity index (χ0) is 21.4. The van der Waals surface area contributed by atoms with E-state index in [1.165, 1.54) is 56.0 Å². The van der Waals surface area contributed by atoms with Gasteiger partial charge in [-0.3, -0.25) is 0 Å². The number of benzene rings is 2. The van der Waals surface area contributed by atoms with Crippen LogP contribution in [-0.2, 0) is 9.47 Å². The summed E-state index contributed by atoms with van der Waals surface area (Å²) in [4.78, 5) is 0. The van der Waals surface area contributed by atoms with Crippen molar-refractivity contribution in [2.45, 2.75) is 66.2 Å². The van der Waals surface area contributed by atoms with Crippen molar-refractivity contribution in [2.24, 2.45) is 0 Å². The Morgan fingerprint density at radius 1 is 0.633 bits per heavy atom. The van der Waals surface area contributed by atoms with Gasteiger partial charge >= 0.3 is 0 Å². The second-order valence-corrected chi connectivity index (χ2v) is 8.61. The van der Waals surface area contributed by atoms with Gasteiger partial charge in [0.1, 0.15) is 11.5 Å². The van der Waals surface area contributed by atoms with Crippen LogP contribution < -0.4 is 0 Å². The molecule has 4 rings (SSSR count). The largest absolute Gasteiger partial charge is 0.497 e. The molecule has 2 aromatic carbocycles. The van der Waals surface area contributed by atoms with E-state index in [9.17, 15) is 0 Å². The van der Waals surface area contributed by atoms with Crippen molar-refractivity contribution in [2.75, 3.05) is 13.2 Å². The molecule has 0 spiro atoms. The van der Waals surface area contributed by atoms with Gasteiger partial charge in [0.25, 0.3) is 0 Å². The summed E-state index contributed by atoms with van der Waals surface area (Å²) in [5, 5.41) is 0. The van der Waals surface area contributed by atoms with Gasteiger partial charge in [-0.15, -0.1) is 0 Å². The SMILES string of the molecule is CCOC1=C(C)c2c(C)cccc2C1CCC1C(OCC)=C(C)c2c(C)cccc21. The van der Waals surface area contributed by atoms with Gasteiger partial charge in [0.2, 0.25) is 0 Å². The van der Waals surface area contributed by atoms with Crippen LogP contribution in [0, 0.1) is 13.8 Å². The summed E-state index contributed by atoms with van der Waals surface area (Å²) >= 11 is 0. The third-order valence-electron chi connectivity index (χ3n) is 6.83. The molecule has 2 atom stereocenters. The van der Waals surface area contributed by atoms with Crippen LogP contribution in [0.15, 0.2) is 47.9 Å². The first-order valence-corrected chi connectivity index (χ1v) is 11.4. The summed E-state index contributed by atoms with van der Waals surface area (Å²) in [7, 11) is 0. The predicted molar refractivity (Wildman–Crippen MR) is 126 cm³/mol. The lowest BCUT2D eigenvalue weighted by Gasteiger charge is -2.22. The Balaban J connectivity index is 1.68.